The molecule has 4 aromatic rings. The maximum atomic E-state index is 10.4. The van der Waals surface area contributed by atoms with Crippen molar-refractivity contribution < 1.29 is 5.11 Å². The number of hydrogen-bond donors (Lipinski definition) is 1. The summed E-state index contributed by atoms with van der Waals surface area (Å²) in [7, 11) is 0. The lowest BCUT2D eigenvalue weighted by Gasteiger charge is -2.09. The first-order chi connectivity index (χ1) is 13.1. The average molecular weight is 393 g/mol. The number of phenolic OH excluding ortho intramolecular Hbond substituents is 1. The highest BCUT2D eigenvalue weighted by atomic mass is 35.5. The molecule has 0 atom stereocenters. The molecule has 0 aliphatic rings. The summed E-state index contributed by atoms with van der Waals surface area (Å²) in [4.78, 5) is 2.45. The molecule has 0 saturated carbocycles. The molecule has 0 spiro atoms. The third kappa shape index (κ3) is 3.82. The normalized spacial score (nSPS) is 11.3. The summed E-state index contributed by atoms with van der Waals surface area (Å²) >= 11 is 7.90. The van der Waals surface area contributed by atoms with Crippen molar-refractivity contribution in [2.45, 2.75) is 6.92 Å². The Morgan fingerprint density at radius 1 is 1.00 bits per heavy atom. The molecular formula is C22H17ClN2OS. The summed E-state index contributed by atoms with van der Waals surface area (Å²) in [6.45, 7) is 2.09. The van der Waals surface area contributed by atoms with E-state index in [0.717, 1.165) is 17.1 Å². The van der Waals surface area contributed by atoms with Gasteiger partial charge in [-0.05, 0) is 67.6 Å². The van der Waals surface area contributed by atoms with Crippen LogP contribution in [0.25, 0.3) is 29.1 Å². The molecule has 134 valence electrons. The van der Waals surface area contributed by atoms with E-state index in [1.165, 1.54) is 9.75 Å². The predicted molar refractivity (Wildman–Crippen MR) is 114 cm³/mol. The minimum atomic E-state index is 0.167. The Morgan fingerprint density at radius 3 is 2.56 bits per heavy atom. The maximum absolute atomic E-state index is 10.4. The summed E-state index contributed by atoms with van der Waals surface area (Å²) in [6, 6.07) is 21.0. The highest BCUT2D eigenvalue weighted by Crippen LogP contribution is 2.34. The van der Waals surface area contributed by atoms with Crippen molar-refractivity contribution in [3.63, 3.8) is 0 Å². The first-order valence-electron chi connectivity index (χ1n) is 8.49. The molecule has 0 aliphatic heterocycles. The first-order valence-corrected chi connectivity index (χ1v) is 9.68. The van der Waals surface area contributed by atoms with Gasteiger partial charge in [0.05, 0.1) is 17.1 Å². The standard InChI is InChI=1S/C22H17ClN2OS/c1-15-7-10-19(27-15)11-9-17-14-21(20-13-16(23)8-12-22(20)26)25(24-17)18-5-3-2-4-6-18/h2-14,26H,1H3/b11-9+. The molecule has 0 unspecified atom stereocenters. The number of halogens is 1. The van der Waals surface area contributed by atoms with Crippen LogP contribution in [-0.2, 0) is 0 Å². The molecule has 2 aromatic carbocycles. The van der Waals surface area contributed by atoms with Gasteiger partial charge in [-0.1, -0.05) is 29.8 Å². The summed E-state index contributed by atoms with van der Waals surface area (Å²) in [5.74, 6) is 0.167. The second-order valence-corrected chi connectivity index (χ2v) is 7.90. The van der Waals surface area contributed by atoms with Crippen LogP contribution in [-0.4, -0.2) is 14.9 Å². The third-order valence-electron chi connectivity index (χ3n) is 4.14. The second kappa shape index (κ2) is 7.43. The molecule has 0 saturated heterocycles. The molecule has 1 N–H and O–H groups in total. The molecule has 3 nitrogen and oxygen atoms in total. The Kier molecular flexibility index (Phi) is 4.84. The van der Waals surface area contributed by atoms with Gasteiger partial charge in [-0.15, -0.1) is 11.3 Å². The van der Waals surface area contributed by atoms with Crippen molar-refractivity contribution in [3.05, 3.63) is 87.2 Å². The molecular weight excluding hydrogens is 376 g/mol. The number of hydrogen-bond acceptors (Lipinski definition) is 3. The fourth-order valence-electron chi connectivity index (χ4n) is 2.86. The van der Waals surface area contributed by atoms with Gasteiger partial charge < -0.3 is 5.11 Å². The van der Waals surface area contributed by atoms with Gasteiger partial charge in [-0.25, -0.2) is 4.68 Å². The predicted octanol–water partition coefficient (Wildman–Crippen LogP) is 6.44. The zero-order valence-corrected chi connectivity index (χ0v) is 16.2. The fraction of sp³-hybridized carbons (Fsp3) is 0.0455. The Morgan fingerprint density at radius 2 is 1.81 bits per heavy atom. The minimum absolute atomic E-state index is 0.167. The lowest BCUT2D eigenvalue weighted by Crippen LogP contribution is -1.99. The lowest BCUT2D eigenvalue weighted by atomic mass is 10.1. The quantitative estimate of drug-likeness (QED) is 0.434. The van der Waals surface area contributed by atoms with Gasteiger partial charge in [0.2, 0.25) is 0 Å². The van der Waals surface area contributed by atoms with E-state index < -0.39 is 0 Å². The molecule has 0 amide bonds. The number of aromatic hydroxyl groups is 1. The van der Waals surface area contributed by atoms with Gasteiger partial charge in [-0.3, -0.25) is 0 Å². The highest BCUT2D eigenvalue weighted by molar-refractivity contribution is 7.12. The monoisotopic (exact) mass is 392 g/mol. The van der Waals surface area contributed by atoms with Crippen molar-refractivity contribution in [2.75, 3.05) is 0 Å². The number of aryl methyl sites for hydroxylation is 1. The largest absolute Gasteiger partial charge is 0.507 e. The Labute approximate surface area is 166 Å². The molecule has 5 heteroatoms. The molecule has 0 fully saturated rings. The van der Waals surface area contributed by atoms with E-state index in [1.54, 1.807) is 29.5 Å². The van der Waals surface area contributed by atoms with Gasteiger partial charge in [-0.2, -0.15) is 5.10 Å². The van der Waals surface area contributed by atoms with Crippen LogP contribution >= 0.6 is 22.9 Å². The Bertz CT molecular complexity index is 1110. The topological polar surface area (TPSA) is 38.0 Å². The summed E-state index contributed by atoms with van der Waals surface area (Å²) in [6.07, 6.45) is 4.03. The smallest absolute Gasteiger partial charge is 0.125 e. The van der Waals surface area contributed by atoms with Crippen molar-refractivity contribution in [1.82, 2.24) is 9.78 Å². The third-order valence-corrected chi connectivity index (χ3v) is 5.34. The molecule has 2 aromatic heterocycles. The number of para-hydroxylation sites is 1. The van der Waals surface area contributed by atoms with Crippen LogP contribution in [0.5, 0.6) is 5.75 Å². The van der Waals surface area contributed by atoms with E-state index >= 15 is 0 Å². The van der Waals surface area contributed by atoms with Crippen LogP contribution in [0.3, 0.4) is 0 Å². The summed E-state index contributed by atoms with van der Waals surface area (Å²) in [5.41, 5.74) is 3.14. The number of nitrogens with zero attached hydrogens (tertiary/aromatic N) is 2. The molecule has 0 aliphatic carbocycles. The highest BCUT2D eigenvalue weighted by Gasteiger charge is 2.14. The van der Waals surface area contributed by atoms with E-state index in [-0.39, 0.29) is 5.75 Å². The SMILES string of the molecule is Cc1ccc(/C=C/c2cc(-c3cc(Cl)ccc3O)n(-c3ccccc3)n2)s1. The molecule has 27 heavy (non-hydrogen) atoms. The van der Waals surface area contributed by atoms with E-state index in [2.05, 4.69) is 25.1 Å². The van der Waals surface area contributed by atoms with E-state index in [4.69, 9.17) is 16.7 Å². The number of phenols is 1. The summed E-state index contributed by atoms with van der Waals surface area (Å²) in [5, 5.41) is 15.7. The van der Waals surface area contributed by atoms with Crippen LogP contribution < -0.4 is 0 Å². The van der Waals surface area contributed by atoms with Crippen molar-refractivity contribution in [2.24, 2.45) is 0 Å². The molecule has 0 bridgehead atoms. The van der Waals surface area contributed by atoms with Crippen molar-refractivity contribution >= 4 is 35.1 Å². The van der Waals surface area contributed by atoms with E-state index in [9.17, 15) is 5.11 Å². The van der Waals surface area contributed by atoms with Crippen LogP contribution in [0.4, 0.5) is 0 Å². The second-order valence-electron chi connectivity index (χ2n) is 6.15. The van der Waals surface area contributed by atoms with Gasteiger partial charge in [0.1, 0.15) is 5.75 Å². The first kappa shape index (κ1) is 17.6. The van der Waals surface area contributed by atoms with Gasteiger partial charge >= 0.3 is 0 Å². The fourth-order valence-corrected chi connectivity index (χ4v) is 3.81. The van der Waals surface area contributed by atoms with Gasteiger partial charge in [0.15, 0.2) is 0 Å². The molecule has 4 rings (SSSR count). The van der Waals surface area contributed by atoms with Crippen LogP contribution in [0.2, 0.25) is 5.02 Å². The molecule has 0 radical (unpaired) electrons. The Hall–Kier alpha value is -2.82. The minimum Gasteiger partial charge on any atom is -0.507 e. The number of thiophene rings is 1. The zero-order valence-electron chi connectivity index (χ0n) is 14.6. The van der Waals surface area contributed by atoms with Crippen molar-refractivity contribution in [1.29, 1.82) is 0 Å². The molecule has 2 heterocycles. The Balaban J connectivity index is 1.82. The number of benzene rings is 2. The van der Waals surface area contributed by atoms with Gasteiger partial charge in [0.25, 0.3) is 0 Å². The van der Waals surface area contributed by atoms with E-state index in [1.807, 2.05) is 47.2 Å². The zero-order chi connectivity index (χ0) is 18.8. The number of rotatable bonds is 4. The number of aromatic nitrogens is 2. The van der Waals surface area contributed by atoms with Gasteiger partial charge in [0, 0.05) is 20.3 Å². The summed E-state index contributed by atoms with van der Waals surface area (Å²) < 4.78 is 1.82. The van der Waals surface area contributed by atoms with E-state index in [0.29, 0.717) is 10.6 Å². The lowest BCUT2D eigenvalue weighted by molar-refractivity contribution is 0.477. The maximum Gasteiger partial charge on any atom is 0.125 e. The van der Waals surface area contributed by atoms with Crippen LogP contribution in [0.1, 0.15) is 15.4 Å². The van der Waals surface area contributed by atoms with Crippen LogP contribution in [0.15, 0.2) is 66.7 Å². The van der Waals surface area contributed by atoms with Crippen LogP contribution in [0, 0.1) is 6.92 Å². The average Bonchev–Trinajstić information content (AvgIpc) is 3.29. The van der Waals surface area contributed by atoms with Crippen molar-refractivity contribution in [3.8, 4) is 22.7 Å².